The number of anilines is 1. The topological polar surface area (TPSA) is 111 Å². The summed E-state index contributed by atoms with van der Waals surface area (Å²) < 4.78 is 0. The minimum atomic E-state index is -1.02. The molecule has 0 spiro atoms. The number of para-hydroxylation sites is 1. The molecule has 3 rings (SSSR count). The standard InChI is InChI=1S/C18H15N5O2/c19-23-21-11-16(12-5-2-1-3-6-12)22-15-9-10-20-17-13(15)7-4-8-14(17)18(24)25/h1-10,16H,11H2,(H,20,22)(H,24,25)/t16-/m1/s1. The van der Waals surface area contributed by atoms with Crippen LogP contribution in [0, 0.1) is 0 Å². The summed E-state index contributed by atoms with van der Waals surface area (Å²) in [5.41, 5.74) is 10.9. The molecular formula is C18H15N5O2. The first-order valence-corrected chi connectivity index (χ1v) is 7.64. The molecule has 0 aliphatic carbocycles. The van der Waals surface area contributed by atoms with Gasteiger partial charge in [0.15, 0.2) is 0 Å². The molecule has 2 aromatic carbocycles. The smallest absolute Gasteiger partial charge is 0.337 e. The normalized spacial score (nSPS) is 11.5. The molecule has 0 fully saturated rings. The van der Waals surface area contributed by atoms with E-state index in [0.717, 1.165) is 11.3 Å². The molecule has 0 saturated carbocycles. The number of pyridine rings is 1. The molecule has 1 aromatic heterocycles. The van der Waals surface area contributed by atoms with Crippen molar-refractivity contribution in [1.29, 1.82) is 0 Å². The number of carboxylic acids is 1. The van der Waals surface area contributed by atoms with Crippen LogP contribution in [-0.4, -0.2) is 22.6 Å². The van der Waals surface area contributed by atoms with Crippen LogP contribution in [0.15, 0.2) is 65.9 Å². The molecule has 0 saturated heterocycles. The van der Waals surface area contributed by atoms with E-state index in [-0.39, 0.29) is 18.2 Å². The fourth-order valence-electron chi connectivity index (χ4n) is 2.70. The summed E-state index contributed by atoms with van der Waals surface area (Å²) in [6.07, 6.45) is 1.56. The molecule has 3 aromatic rings. The lowest BCUT2D eigenvalue weighted by molar-refractivity contribution is 0.0699. The second-order valence-corrected chi connectivity index (χ2v) is 5.39. The number of hydrogen-bond acceptors (Lipinski definition) is 4. The molecule has 25 heavy (non-hydrogen) atoms. The van der Waals surface area contributed by atoms with Gasteiger partial charge in [0.1, 0.15) is 0 Å². The lowest BCUT2D eigenvalue weighted by Gasteiger charge is -2.20. The van der Waals surface area contributed by atoms with Gasteiger partial charge >= 0.3 is 5.97 Å². The van der Waals surface area contributed by atoms with Crippen molar-refractivity contribution in [2.75, 3.05) is 11.9 Å². The molecule has 0 amide bonds. The molecule has 124 valence electrons. The fourth-order valence-corrected chi connectivity index (χ4v) is 2.70. The number of carboxylic acid groups (broad SMARTS) is 1. The van der Waals surface area contributed by atoms with Crippen molar-refractivity contribution in [1.82, 2.24) is 4.98 Å². The Labute approximate surface area is 143 Å². The van der Waals surface area contributed by atoms with Crippen LogP contribution in [0.1, 0.15) is 22.0 Å². The minimum absolute atomic E-state index is 0.146. The Morgan fingerprint density at radius 3 is 2.72 bits per heavy atom. The summed E-state index contributed by atoms with van der Waals surface area (Å²) in [6, 6.07) is 16.2. The van der Waals surface area contributed by atoms with E-state index in [4.69, 9.17) is 5.53 Å². The Morgan fingerprint density at radius 1 is 1.20 bits per heavy atom. The minimum Gasteiger partial charge on any atom is -0.478 e. The fraction of sp³-hybridized carbons (Fsp3) is 0.111. The maximum atomic E-state index is 11.4. The van der Waals surface area contributed by atoms with Crippen LogP contribution in [0.3, 0.4) is 0 Å². The molecular weight excluding hydrogens is 318 g/mol. The van der Waals surface area contributed by atoms with Crippen molar-refractivity contribution in [2.45, 2.75) is 6.04 Å². The molecule has 0 aliphatic rings. The predicted octanol–water partition coefficient (Wildman–Crippen LogP) is 4.40. The molecule has 7 heteroatoms. The van der Waals surface area contributed by atoms with E-state index in [9.17, 15) is 9.90 Å². The number of fused-ring (bicyclic) bond motifs is 1. The van der Waals surface area contributed by atoms with E-state index in [2.05, 4.69) is 20.3 Å². The van der Waals surface area contributed by atoms with Crippen LogP contribution >= 0.6 is 0 Å². The lowest BCUT2D eigenvalue weighted by atomic mass is 10.0. The molecule has 1 heterocycles. The SMILES string of the molecule is [N-]=[N+]=NC[C@@H](Nc1ccnc2c(C(=O)O)cccc12)c1ccccc1. The van der Waals surface area contributed by atoms with Gasteiger partial charge < -0.3 is 10.4 Å². The molecule has 7 nitrogen and oxygen atoms in total. The third-order valence-electron chi connectivity index (χ3n) is 3.86. The Hall–Kier alpha value is -3.57. The molecule has 0 unspecified atom stereocenters. The van der Waals surface area contributed by atoms with Crippen molar-refractivity contribution >= 4 is 22.6 Å². The monoisotopic (exact) mass is 333 g/mol. The number of nitrogens with zero attached hydrogens (tertiary/aromatic N) is 4. The summed E-state index contributed by atoms with van der Waals surface area (Å²) in [6.45, 7) is 0.225. The molecule has 1 atom stereocenters. The highest BCUT2D eigenvalue weighted by atomic mass is 16.4. The van der Waals surface area contributed by atoms with Crippen molar-refractivity contribution < 1.29 is 9.90 Å². The van der Waals surface area contributed by atoms with Gasteiger partial charge in [-0.25, -0.2) is 4.79 Å². The quantitative estimate of drug-likeness (QED) is 0.395. The highest BCUT2D eigenvalue weighted by molar-refractivity contribution is 6.05. The van der Waals surface area contributed by atoms with Gasteiger partial charge in [0.25, 0.3) is 0 Å². The third-order valence-corrected chi connectivity index (χ3v) is 3.86. The van der Waals surface area contributed by atoms with E-state index >= 15 is 0 Å². The summed E-state index contributed by atoms with van der Waals surface area (Å²) in [7, 11) is 0. The van der Waals surface area contributed by atoms with Crippen LogP contribution in [0.25, 0.3) is 21.3 Å². The van der Waals surface area contributed by atoms with Crippen LogP contribution in [0.4, 0.5) is 5.69 Å². The molecule has 0 bridgehead atoms. The predicted molar refractivity (Wildman–Crippen MR) is 95.5 cm³/mol. The van der Waals surface area contributed by atoms with Crippen LogP contribution in [-0.2, 0) is 0 Å². The zero-order valence-electron chi connectivity index (χ0n) is 13.2. The van der Waals surface area contributed by atoms with E-state index < -0.39 is 5.97 Å². The number of aromatic nitrogens is 1. The number of aromatic carboxylic acids is 1. The largest absolute Gasteiger partial charge is 0.478 e. The first-order chi connectivity index (χ1) is 12.2. The van der Waals surface area contributed by atoms with Gasteiger partial charge in [-0.15, -0.1) is 0 Å². The lowest BCUT2D eigenvalue weighted by Crippen LogP contribution is -2.14. The first kappa shape index (κ1) is 16.3. The second-order valence-electron chi connectivity index (χ2n) is 5.39. The zero-order valence-corrected chi connectivity index (χ0v) is 13.2. The zero-order chi connectivity index (χ0) is 17.6. The van der Waals surface area contributed by atoms with Gasteiger partial charge in [0.05, 0.1) is 23.7 Å². The summed E-state index contributed by atoms with van der Waals surface area (Å²) in [5.74, 6) is -1.02. The Bertz CT molecular complexity index is 952. The summed E-state index contributed by atoms with van der Waals surface area (Å²) >= 11 is 0. The number of azide groups is 1. The van der Waals surface area contributed by atoms with E-state index in [0.29, 0.717) is 10.9 Å². The molecule has 2 N–H and O–H groups in total. The average Bonchev–Trinajstić information content (AvgIpc) is 2.65. The van der Waals surface area contributed by atoms with Gasteiger partial charge in [-0.05, 0) is 23.2 Å². The maximum Gasteiger partial charge on any atom is 0.337 e. The highest BCUT2D eigenvalue weighted by Gasteiger charge is 2.15. The second kappa shape index (κ2) is 7.33. The van der Waals surface area contributed by atoms with Gasteiger partial charge in [-0.2, -0.15) is 0 Å². The number of hydrogen-bond donors (Lipinski definition) is 2. The van der Waals surface area contributed by atoms with E-state index in [1.165, 1.54) is 6.07 Å². The van der Waals surface area contributed by atoms with E-state index in [1.54, 1.807) is 18.3 Å². The van der Waals surface area contributed by atoms with Crippen molar-refractivity contribution in [2.24, 2.45) is 5.11 Å². The number of carbonyl (C=O) groups is 1. The van der Waals surface area contributed by atoms with Gasteiger partial charge in [-0.3, -0.25) is 4.98 Å². The van der Waals surface area contributed by atoms with Crippen molar-refractivity contribution in [3.63, 3.8) is 0 Å². The maximum absolute atomic E-state index is 11.4. The van der Waals surface area contributed by atoms with Crippen LogP contribution in [0.5, 0.6) is 0 Å². The summed E-state index contributed by atoms with van der Waals surface area (Å²) in [5, 5.41) is 17.1. The number of benzene rings is 2. The van der Waals surface area contributed by atoms with E-state index in [1.807, 2.05) is 36.4 Å². The Kier molecular flexibility index (Phi) is 4.78. The molecule has 0 radical (unpaired) electrons. The van der Waals surface area contributed by atoms with Crippen LogP contribution < -0.4 is 5.32 Å². The highest BCUT2D eigenvalue weighted by Crippen LogP contribution is 2.28. The van der Waals surface area contributed by atoms with Crippen LogP contribution in [0.2, 0.25) is 0 Å². The van der Waals surface area contributed by atoms with Gasteiger partial charge in [0.2, 0.25) is 0 Å². The molecule has 0 aliphatic heterocycles. The average molecular weight is 333 g/mol. The van der Waals surface area contributed by atoms with Crippen molar-refractivity contribution in [3.8, 4) is 0 Å². The van der Waals surface area contributed by atoms with Gasteiger partial charge in [-0.1, -0.05) is 47.6 Å². The van der Waals surface area contributed by atoms with Crippen molar-refractivity contribution in [3.05, 3.63) is 82.4 Å². The Balaban J connectivity index is 2.04. The third kappa shape index (κ3) is 3.52. The Morgan fingerprint density at radius 2 is 2.00 bits per heavy atom. The number of rotatable bonds is 6. The summed E-state index contributed by atoms with van der Waals surface area (Å²) in [4.78, 5) is 18.4. The van der Waals surface area contributed by atoms with Gasteiger partial charge in [0, 0.05) is 22.2 Å². The number of nitrogens with one attached hydrogen (secondary N) is 1. The first-order valence-electron chi connectivity index (χ1n) is 7.64.